The molecule has 0 bridgehead atoms. The second-order valence-electron chi connectivity index (χ2n) is 5.33. The fraction of sp³-hybridized carbons (Fsp3) is 0.929. The van der Waals surface area contributed by atoms with Crippen LogP contribution in [0.2, 0.25) is 0 Å². The van der Waals surface area contributed by atoms with Gasteiger partial charge in [0.25, 0.3) is 0 Å². The van der Waals surface area contributed by atoms with Crippen LogP contribution in [0.15, 0.2) is 0 Å². The molecule has 0 aromatic rings. The largest absolute Gasteiger partial charge is 0.481 e. The molecule has 0 radical (unpaired) electrons. The van der Waals surface area contributed by atoms with Crippen LogP contribution in [-0.4, -0.2) is 48.3 Å². The van der Waals surface area contributed by atoms with E-state index in [-0.39, 0.29) is 12.0 Å². The van der Waals surface area contributed by atoms with Gasteiger partial charge in [-0.3, -0.25) is 4.79 Å². The zero-order valence-corrected chi connectivity index (χ0v) is 11.8. The van der Waals surface area contributed by atoms with E-state index in [1.807, 2.05) is 6.92 Å². The van der Waals surface area contributed by atoms with Crippen molar-refractivity contribution in [2.45, 2.75) is 57.4 Å². The Hall–Kier alpha value is -0.610. The smallest absolute Gasteiger partial charge is 0.305 e. The molecule has 0 spiro atoms. The van der Waals surface area contributed by atoms with Gasteiger partial charge in [-0.15, -0.1) is 0 Å². The highest BCUT2D eigenvalue weighted by atomic mass is 16.5. The van der Waals surface area contributed by atoms with Crippen molar-refractivity contribution in [2.24, 2.45) is 0 Å². The van der Waals surface area contributed by atoms with Crippen molar-refractivity contribution in [1.29, 1.82) is 0 Å². The van der Waals surface area contributed by atoms with Gasteiger partial charge in [0.2, 0.25) is 0 Å². The molecule has 0 saturated heterocycles. The minimum atomic E-state index is -0.673. The molecule has 106 valence electrons. The zero-order chi connectivity index (χ0) is 13.4. The highest BCUT2D eigenvalue weighted by Crippen LogP contribution is 2.35. The van der Waals surface area contributed by atoms with Crippen molar-refractivity contribution in [3.8, 4) is 0 Å². The van der Waals surface area contributed by atoms with Gasteiger partial charge >= 0.3 is 5.97 Å². The first kappa shape index (κ1) is 15.4. The van der Waals surface area contributed by atoms with Gasteiger partial charge in [-0.05, 0) is 33.2 Å². The fourth-order valence-corrected chi connectivity index (χ4v) is 2.97. The average molecular weight is 257 g/mol. The minimum absolute atomic E-state index is 0.115. The van der Waals surface area contributed by atoms with Crippen LogP contribution in [0.1, 0.15) is 51.9 Å². The van der Waals surface area contributed by atoms with E-state index in [1.165, 1.54) is 6.42 Å². The third-order valence-corrected chi connectivity index (χ3v) is 4.06. The van der Waals surface area contributed by atoms with Gasteiger partial charge in [-0.2, -0.15) is 0 Å². The number of carboxylic acids is 1. The van der Waals surface area contributed by atoms with E-state index in [9.17, 15) is 4.79 Å². The molecule has 0 aromatic carbocycles. The number of hydrogen-bond donors (Lipinski definition) is 1. The first-order chi connectivity index (χ1) is 8.60. The van der Waals surface area contributed by atoms with Gasteiger partial charge in [0.1, 0.15) is 0 Å². The lowest BCUT2D eigenvalue weighted by Crippen LogP contribution is -2.49. The molecule has 18 heavy (non-hydrogen) atoms. The quantitative estimate of drug-likeness (QED) is 0.679. The van der Waals surface area contributed by atoms with Crippen LogP contribution in [0.25, 0.3) is 0 Å². The molecule has 0 amide bonds. The van der Waals surface area contributed by atoms with Crippen molar-refractivity contribution in [2.75, 3.05) is 26.8 Å². The molecule has 4 nitrogen and oxygen atoms in total. The van der Waals surface area contributed by atoms with Crippen LogP contribution in [0.4, 0.5) is 0 Å². The second kappa shape index (κ2) is 7.74. The van der Waals surface area contributed by atoms with Gasteiger partial charge in [0.15, 0.2) is 0 Å². The summed E-state index contributed by atoms with van der Waals surface area (Å²) < 4.78 is 5.34. The molecule has 1 aliphatic rings. The van der Waals surface area contributed by atoms with Crippen LogP contribution >= 0.6 is 0 Å². The maximum atomic E-state index is 11.1. The van der Waals surface area contributed by atoms with E-state index in [2.05, 4.69) is 11.9 Å². The normalized spacial score (nSPS) is 19.1. The summed E-state index contributed by atoms with van der Waals surface area (Å²) in [5, 5.41) is 9.14. The Kier molecular flexibility index (Phi) is 6.65. The molecular weight excluding hydrogens is 230 g/mol. The third-order valence-electron chi connectivity index (χ3n) is 4.06. The molecule has 1 fully saturated rings. The summed E-state index contributed by atoms with van der Waals surface area (Å²) in [5.41, 5.74) is -0.115. The van der Waals surface area contributed by atoms with Crippen molar-refractivity contribution in [3.05, 3.63) is 0 Å². The molecule has 0 aromatic heterocycles. The van der Waals surface area contributed by atoms with Crippen molar-refractivity contribution in [3.63, 3.8) is 0 Å². The SMILES string of the molecule is CCOCCCN(C)C1(CC(=O)O)CCCCC1. The Morgan fingerprint density at radius 2 is 2.00 bits per heavy atom. The van der Waals surface area contributed by atoms with Gasteiger partial charge in [0.05, 0.1) is 6.42 Å². The van der Waals surface area contributed by atoms with E-state index in [4.69, 9.17) is 9.84 Å². The molecule has 0 aliphatic heterocycles. The van der Waals surface area contributed by atoms with Gasteiger partial charge in [-0.1, -0.05) is 19.3 Å². The Labute approximate surface area is 110 Å². The van der Waals surface area contributed by atoms with E-state index in [0.29, 0.717) is 0 Å². The van der Waals surface area contributed by atoms with Crippen LogP contribution in [-0.2, 0) is 9.53 Å². The third kappa shape index (κ3) is 4.58. The highest BCUT2D eigenvalue weighted by molar-refractivity contribution is 5.68. The summed E-state index contributed by atoms with van der Waals surface area (Å²) in [6.07, 6.45) is 6.85. The Morgan fingerprint density at radius 1 is 1.33 bits per heavy atom. The zero-order valence-electron chi connectivity index (χ0n) is 11.8. The predicted octanol–water partition coefficient (Wildman–Crippen LogP) is 2.52. The number of hydrogen-bond acceptors (Lipinski definition) is 3. The molecule has 0 atom stereocenters. The average Bonchev–Trinajstić information content (AvgIpc) is 2.34. The maximum Gasteiger partial charge on any atom is 0.305 e. The van der Waals surface area contributed by atoms with Gasteiger partial charge in [0, 0.05) is 25.3 Å². The predicted molar refractivity (Wildman–Crippen MR) is 71.8 cm³/mol. The summed E-state index contributed by atoms with van der Waals surface area (Å²) in [7, 11) is 2.07. The molecular formula is C14H27NO3. The lowest BCUT2D eigenvalue weighted by molar-refractivity contribution is -0.141. The first-order valence-electron chi connectivity index (χ1n) is 7.11. The summed E-state index contributed by atoms with van der Waals surface area (Å²) in [6.45, 7) is 4.44. The number of ether oxygens (including phenoxy) is 1. The first-order valence-corrected chi connectivity index (χ1v) is 7.11. The molecule has 1 aliphatic carbocycles. The number of carbonyl (C=O) groups is 1. The molecule has 1 N–H and O–H groups in total. The van der Waals surface area contributed by atoms with Crippen molar-refractivity contribution >= 4 is 5.97 Å². The highest BCUT2D eigenvalue weighted by Gasteiger charge is 2.37. The van der Waals surface area contributed by atoms with E-state index in [1.54, 1.807) is 0 Å². The Morgan fingerprint density at radius 3 is 2.56 bits per heavy atom. The molecule has 0 unspecified atom stereocenters. The summed E-state index contributed by atoms with van der Waals surface area (Å²) in [5.74, 6) is -0.673. The molecule has 0 heterocycles. The summed E-state index contributed by atoms with van der Waals surface area (Å²) in [6, 6.07) is 0. The van der Waals surface area contributed by atoms with Crippen LogP contribution in [0.5, 0.6) is 0 Å². The lowest BCUT2D eigenvalue weighted by atomic mass is 9.78. The number of nitrogens with zero attached hydrogens (tertiary/aromatic N) is 1. The minimum Gasteiger partial charge on any atom is -0.481 e. The lowest BCUT2D eigenvalue weighted by Gasteiger charge is -2.44. The van der Waals surface area contributed by atoms with E-state index >= 15 is 0 Å². The number of carboxylic acid groups (broad SMARTS) is 1. The number of aliphatic carboxylic acids is 1. The Balaban J connectivity index is 2.50. The number of rotatable bonds is 8. The van der Waals surface area contributed by atoms with E-state index < -0.39 is 5.97 Å². The van der Waals surface area contributed by atoms with Gasteiger partial charge < -0.3 is 14.7 Å². The van der Waals surface area contributed by atoms with Crippen LogP contribution < -0.4 is 0 Å². The van der Waals surface area contributed by atoms with Crippen LogP contribution in [0.3, 0.4) is 0 Å². The summed E-state index contributed by atoms with van der Waals surface area (Å²) >= 11 is 0. The topological polar surface area (TPSA) is 49.8 Å². The van der Waals surface area contributed by atoms with Crippen LogP contribution in [0, 0.1) is 0 Å². The summed E-state index contributed by atoms with van der Waals surface area (Å²) in [4.78, 5) is 13.4. The molecule has 1 rings (SSSR count). The van der Waals surface area contributed by atoms with E-state index in [0.717, 1.165) is 51.9 Å². The van der Waals surface area contributed by atoms with Gasteiger partial charge in [-0.25, -0.2) is 0 Å². The van der Waals surface area contributed by atoms with Crippen molar-refractivity contribution < 1.29 is 14.6 Å². The Bertz CT molecular complexity index is 249. The standard InChI is InChI=1S/C14H27NO3/c1-3-18-11-7-10-15(2)14(12-13(16)17)8-5-4-6-9-14/h3-12H2,1-2H3,(H,16,17). The second-order valence-corrected chi connectivity index (χ2v) is 5.33. The fourth-order valence-electron chi connectivity index (χ4n) is 2.97. The maximum absolute atomic E-state index is 11.1. The van der Waals surface area contributed by atoms with Crippen molar-refractivity contribution in [1.82, 2.24) is 4.90 Å². The molecule has 1 saturated carbocycles. The molecule has 4 heteroatoms. The monoisotopic (exact) mass is 257 g/mol.